The Bertz CT molecular complexity index is 361. The van der Waals surface area contributed by atoms with Crippen LogP contribution in [0.2, 0.25) is 0 Å². The van der Waals surface area contributed by atoms with Gasteiger partial charge in [0.25, 0.3) is 0 Å². The van der Waals surface area contributed by atoms with Gasteiger partial charge in [-0.1, -0.05) is 19.9 Å². The first-order chi connectivity index (χ1) is 9.43. The van der Waals surface area contributed by atoms with E-state index in [-0.39, 0.29) is 18.0 Å². The summed E-state index contributed by atoms with van der Waals surface area (Å²) in [5.41, 5.74) is 0.440. The minimum atomic E-state index is -0.307. The highest BCUT2D eigenvalue weighted by Crippen LogP contribution is 2.33. The van der Waals surface area contributed by atoms with E-state index in [9.17, 15) is 9.59 Å². The van der Waals surface area contributed by atoms with Gasteiger partial charge < -0.3 is 9.47 Å². The Kier molecular flexibility index (Phi) is 6.76. The molecule has 3 atom stereocenters. The molecule has 0 bridgehead atoms. The summed E-state index contributed by atoms with van der Waals surface area (Å²) in [5, 5.41) is 0. The van der Waals surface area contributed by atoms with Crippen LogP contribution in [0.5, 0.6) is 0 Å². The van der Waals surface area contributed by atoms with Crippen LogP contribution in [0.4, 0.5) is 0 Å². The van der Waals surface area contributed by atoms with E-state index < -0.39 is 0 Å². The van der Waals surface area contributed by atoms with E-state index in [4.69, 9.17) is 9.47 Å². The van der Waals surface area contributed by atoms with Crippen molar-refractivity contribution in [1.29, 1.82) is 0 Å². The molecular weight excluding hydrogens is 256 g/mol. The molecule has 3 unspecified atom stereocenters. The lowest BCUT2D eigenvalue weighted by Crippen LogP contribution is -2.32. The largest absolute Gasteiger partial charge is 0.466 e. The van der Waals surface area contributed by atoms with Crippen molar-refractivity contribution in [3.05, 3.63) is 12.2 Å². The van der Waals surface area contributed by atoms with Crippen molar-refractivity contribution in [2.75, 3.05) is 6.61 Å². The molecule has 4 heteroatoms. The van der Waals surface area contributed by atoms with Gasteiger partial charge in [-0.3, -0.25) is 4.79 Å². The predicted molar refractivity (Wildman–Crippen MR) is 77.1 cm³/mol. The van der Waals surface area contributed by atoms with Crippen molar-refractivity contribution in [3.8, 4) is 0 Å². The van der Waals surface area contributed by atoms with Gasteiger partial charge in [0.1, 0.15) is 6.10 Å². The van der Waals surface area contributed by atoms with Crippen LogP contribution in [0.25, 0.3) is 0 Å². The molecule has 4 nitrogen and oxygen atoms in total. The van der Waals surface area contributed by atoms with Gasteiger partial charge in [-0.05, 0) is 44.4 Å². The van der Waals surface area contributed by atoms with E-state index in [1.165, 1.54) is 6.92 Å². The minimum absolute atomic E-state index is 0.0562. The summed E-state index contributed by atoms with van der Waals surface area (Å²) in [7, 11) is 0. The molecule has 0 aromatic heterocycles. The molecule has 0 amide bonds. The molecule has 1 aliphatic rings. The Morgan fingerprint density at radius 2 is 2.00 bits per heavy atom. The number of carbonyl (C=O) groups is 2. The second kappa shape index (κ2) is 8.08. The van der Waals surface area contributed by atoms with Gasteiger partial charge in [-0.15, -0.1) is 0 Å². The third-order valence-corrected chi connectivity index (χ3v) is 3.88. The molecule has 0 radical (unpaired) electrons. The smallest absolute Gasteiger partial charge is 0.333 e. The lowest BCUT2D eigenvalue weighted by molar-refractivity contribution is -0.148. The van der Waals surface area contributed by atoms with Crippen LogP contribution in [0.1, 0.15) is 52.9 Å². The summed E-state index contributed by atoms with van der Waals surface area (Å²) in [4.78, 5) is 22.5. The Hall–Kier alpha value is -1.32. The zero-order chi connectivity index (χ0) is 15.1. The highest BCUT2D eigenvalue weighted by atomic mass is 16.5. The van der Waals surface area contributed by atoms with Gasteiger partial charge in [-0.25, -0.2) is 4.79 Å². The molecule has 0 saturated heterocycles. The van der Waals surface area contributed by atoms with Gasteiger partial charge in [-0.2, -0.15) is 0 Å². The van der Waals surface area contributed by atoms with Gasteiger partial charge in [0.15, 0.2) is 0 Å². The quantitative estimate of drug-likeness (QED) is 0.554. The first-order valence-electron chi connectivity index (χ1n) is 7.43. The van der Waals surface area contributed by atoms with E-state index in [0.717, 1.165) is 32.1 Å². The second-order valence-corrected chi connectivity index (χ2v) is 5.73. The second-order valence-electron chi connectivity index (χ2n) is 5.73. The SMILES string of the molecule is C=C(C)C(=O)OC(CC)C1CCCC(COC(C)=O)C1. The molecule has 0 aromatic rings. The molecule has 0 aliphatic heterocycles. The summed E-state index contributed by atoms with van der Waals surface area (Å²) in [6.07, 6.45) is 4.95. The van der Waals surface area contributed by atoms with Crippen LogP contribution >= 0.6 is 0 Å². The standard InChI is InChI=1S/C16H26O4/c1-5-15(20-16(18)11(2)3)14-8-6-7-13(9-14)10-19-12(4)17/h13-15H,2,5-10H2,1,3-4H3. The fraction of sp³-hybridized carbons (Fsp3) is 0.750. The lowest BCUT2D eigenvalue weighted by atomic mass is 9.78. The van der Waals surface area contributed by atoms with E-state index in [1.807, 2.05) is 6.92 Å². The number of ether oxygens (including phenoxy) is 2. The van der Waals surface area contributed by atoms with Gasteiger partial charge in [0.05, 0.1) is 6.61 Å². The van der Waals surface area contributed by atoms with E-state index in [1.54, 1.807) is 6.92 Å². The van der Waals surface area contributed by atoms with Crippen LogP contribution in [0, 0.1) is 11.8 Å². The molecule has 20 heavy (non-hydrogen) atoms. The van der Waals surface area contributed by atoms with Crippen LogP contribution in [-0.4, -0.2) is 24.6 Å². The molecular formula is C16H26O4. The molecule has 1 saturated carbocycles. The number of hydrogen-bond donors (Lipinski definition) is 0. The summed E-state index contributed by atoms with van der Waals surface area (Å²) in [5.74, 6) is 0.208. The maximum Gasteiger partial charge on any atom is 0.333 e. The Balaban J connectivity index is 2.52. The molecule has 0 spiro atoms. The maximum absolute atomic E-state index is 11.7. The van der Waals surface area contributed by atoms with Crippen molar-refractivity contribution < 1.29 is 19.1 Å². The molecule has 0 aromatic carbocycles. The van der Waals surface area contributed by atoms with Gasteiger partial charge in [0.2, 0.25) is 0 Å². The summed E-state index contributed by atoms with van der Waals surface area (Å²) in [6, 6.07) is 0. The van der Waals surface area contributed by atoms with Gasteiger partial charge in [0, 0.05) is 12.5 Å². The first kappa shape index (κ1) is 16.7. The van der Waals surface area contributed by atoms with E-state index >= 15 is 0 Å². The van der Waals surface area contributed by atoms with Crippen molar-refractivity contribution in [2.45, 2.75) is 59.0 Å². The predicted octanol–water partition coefficient (Wildman–Crippen LogP) is 3.25. The molecule has 114 valence electrons. The molecule has 1 rings (SSSR count). The van der Waals surface area contributed by atoms with Crippen molar-refractivity contribution in [1.82, 2.24) is 0 Å². The van der Waals surface area contributed by atoms with Crippen molar-refractivity contribution >= 4 is 11.9 Å². The fourth-order valence-corrected chi connectivity index (χ4v) is 2.81. The van der Waals surface area contributed by atoms with Crippen molar-refractivity contribution in [2.24, 2.45) is 11.8 Å². The average Bonchev–Trinajstić information content (AvgIpc) is 2.42. The third-order valence-electron chi connectivity index (χ3n) is 3.88. The topological polar surface area (TPSA) is 52.6 Å². The Morgan fingerprint density at radius 1 is 1.30 bits per heavy atom. The van der Waals surface area contributed by atoms with E-state index in [2.05, 4.69) is 6.58 Å². The lowest BCUT2D eigenvalue weighted by Gasteiger charge is -2.33. The van der Waals surface area contributed by atoms with Crippen LogP contribution < -0.4 is 0 Å². The van der Waals surface area contributed by atoms with Crippen LogP contribution in [0.3, 0.4) is 0 Å². The van der Waals surface area contributed by atoms with Crippen LogP contribution in [0.15, 0.2) is 12.2 Å². The zero-order valence-corrected chi connectivity index (χ0v) is 12.8. The van der Waals surface area contributed by atoms with E-state index in [0.29, 0.717) is 24.0 Å². The average molecular weight is 282 g/mol. The monoisotopic (exact) mass is 282 g/mol. The highest BCUT2D eigenvalue weighted by molar-refractivity contribution is 5.87. The Morgan fingerprint density at radius 3 is 2.55 bits per heavy atom. The molecule has 0 heterocycles. The highest BCUT2D eigenvalue weighted by Gasteiger charge is 2.30. The molecule has 0 N–H and O–H groups in total. The Labute approximate surface area is 121 Å². The summed E-state index contributed by atoms with van der Waals surface area (Å²) >= 11 is 0. The summed E-state index contributed by atoms with van der Waals surface area (Å²) in [6.45, 7) is 9.24. The third kappa shape index (κ3) is 5.35. The summed E-state index contributed by atoms with van der Waals surface area (Å²) < 4.78 is 10.6. The molecule has 1 fully saturated rings. The number of hydrogen-bond acceptors (Lipinski definition) is 4. The number of rotatable bonds is 6. The first-order valence-corrected chi connectivity index (χ1v) is 7.43. The maximum atomic E-state index is 11.7. The van der Waals surface area contributed by atoms with Crippen LogP contribution in [-0.2, 0) is 19.1 Å². The van der Waals surface area contributed by atoms with Crippen molar-refractivity contribution in [3.63, 3.8) is 0 Å². The minimum Gasteiger partial charge on any atom is -0.466 e. The normalized spacial score (nSPS) is 23.8. The molecule has 1 aliphatic carbocycles. The zero-order valence-electron chi connectivity index (χ0n) is 12.8. The number of esters is 2. The van der Waals surface area contributed by atoms with Gasteiger partial charge >= 0.3 is 11.9 Å². The number of carbonyl (C=O) groups excluding carboxylic acids is 2. The fourth-order valence-electron chi connectivity index (χ4n) is 2.81.